The van der Waals surface area contributed by atoms with Crippen LogP contribution in [0.25, 0.3) is 22.2 Å². The van der Waals surface area contributed by atoms with Gasteiger partial charge in [0, 0.05) is 36.1 Å². The largest absolute Gasteiger partial charge is 0.488 e. The van der Waals surface area contributed by atoms with Gasteiger partial charge in [0.05, 0.1) is 0 Å². The van der Waals surface area contributed by atoms with Crippen molar-refractivity contribution in [1.82, 2.24) is 4.57 Å². The Bertz CT molecular complexity index is 1030. The number of hydrogen-bond donors (Lipinski definition) is 0. The summed E-state index contributed by atoms with van der Waals surface area (Å²) in [7, 11) is 2.08. The third-order valence-corrected chi connectivity index (χ3v) is 4.89. The highest BCUT2D eigenvalue weighted by Gasteiger charge is 2.33. The molecule has 0 N–H and O–H groups in total. The Morgan fingerprint density at radius 3 is 2.31 bits per heavy atom. The number of ether oxygens (including phenoxy) is 2. The number of rotatable bonds is 7. The lowest BCUT2D eigenvalue weighted by molar-refractivity contribution is -0.154. The zero-order valence-electron chi connectivity index (χ0n) is 17.9. The number of aryl methyl sites for hydroxylation is 1. The fourth-order valence-electron chi connectivity index (χ4n) is 3.99. The molecular weight excluding hydrogens is 362 g/mol. The van der Waals surface area contributed by atoms with E-state index in [1.165, 1.54) is 17.0 Å². The number of nitrogens with zero attached hydrogens (tertiary/aromatic N) is 1. The summed E-state index contributed by atoms with van der Waals surface area (Å²) in [5.41, 5.74) is 2.34. The molecular formula is C25H29NO3. The molecule has 0 amide bonds. The van der Waals surface area contributed by atoms with E-state index in [9.17, 15) is 4.79 Å². The van der Waals surface area contributed by atoms with Crippen LogP contribution >= 0.6 is 0 Å². The monoisotopic (exact) mass is 391 g/mol. The van der Waals surface area contributed by atoms with Gasteiger partial charge in [-0.05, 0) is 69.7 Å². The smallest absolute Gasteiger partial charge is 0.330 e. The molecule has 0 saturated carbocycles. The highest BCUT2D eigenvalue weighted by molar-refractivity contribution is 5.87. The van der Waals surface area contributed by atoms with Crippen LogP contribution in [0.15, 0.2) is 67.3 Å². The number of benzene rings is 2. The molecule has 0 unspecified atom stereocenters. The number of carbonyl (C=O) groups is 1. The van der Waals surface area contributed by atoms with Crippen molar-refractivity contribution in [2.45, 2.75) is 45.3 Å². The van der Waals surface area contributed by atoms with E-state index in [1.54, 1.807) is 0 Å². The summed E-state index contributed by atoms with van der Waals surface area (Å²) in [4.78, 5) is 11.6. The van der Waals surface area contributed by atoms with Crippen molar-refractivity contribution in [2.75, 3.05) is 0 Å². The van der Waals surface area contributed by atoms with E-state index in [0.717, 1.165) is 17.0 Å². The third-order valence-electron chi connectivity index (χ3n) is 4.89. The SMILES string of the molecule is C=CC(=O)OC(C)(C)CC(C)(C)Oc1ccc(-c2cc3ccccc3n2C)cc1. The van der Waals surface area contributed by atoms with Crippen molar-refractivity contribution in [2.24, 2.45) is 7.05 Å². The summed E-state index contributed by atoms with van der Waals surface area (Å²) in [5.74, 6) is 0.355. The average molecular weight is 392 g/mol. The van der Waals surface area contributed by atoms with Gasteiger partial charge in [-0.25, -0.2) is 4.79 Å². The van der Waals surface area contributed by atoms with Gasteiger partial charge < -0.3 is 14.0 Å². The van der Waals surface area contributed by atoms with Crippen molar-refractivity contribution in [1.29, 1.82) is 0 Å². The first-order valence-corrected chi connectivity index (χ1v) is 9.80. The van der Waals surface area contributed by atoms with Gasteiger partial charge in [0.2, 0.25) is 0 Å². The molecule has 0 aliphatic rings. The van der Waals surface area contributed by atoms with Crippen LogP contribution < -0.4 is 4.74 Å². The van der Waals surface area contributed by atoms with E-state index >= 15 is 0 Å². The van der Waals surface area contributed by atoms with Gasteiger partial charge in [-0.15, -0.1) is 0 Å². The summed E-state index contributed by atoms with van der Waals surface area (Å²) in [6.45, 7) is 11.2. The van der Waals surface area contributed by atoms with E-state index in [2.05, 4.69) is 60.7 Å². The van der Waals surface area contributed by atoms with Crippen LogP contribution in [-0.2, 0) is 16.6 Å². The van der Waals surface area contributed by atoms with E-state index in [1.807, 2.05) is 39.8 Å². The Morgan fingerprint density at radius 2 is 1.69 bits per heavy atom. The van der Waals surface area contributed by atoms with E-state index in [-0.39, 0.29) is 0 Å². The molecule has 2 aromatic carbocycles. The second-order valence-corrected chi connectivity index (χ2v) is 8.60. The van der Waals surface area contributed by atoms with Gasteiger partial charge in [-0.3, -0.25) is 0 Å². The Kier molecular flexibility index (Phi) is 5.56. The van der Waals surface area contributed by atoms with Gasteiger partial charge in [0.15, 0.2) is 0 Å². The predicted molar refractivity (Wildman–Crippen MR) is 118 cm³/mol. The molecule has 0 aliphatic heterocycles. The number of fused-ring (bicyclic) bond motifs is 1. The third kappa shape index (κ3) is 4.89. The van der Waals surface area contributed by atoms with Crippen molar-refractivity contribution < 1.29 is 14.3 Å². The first-order chi connectivity index (χ1) is 13.6. The van der Waals surface area contributed by atoms with Gasteiger partial charge in [0.1, 0.15) is 17.0 Å². The molecule has 3 aromatic rings. The molecule has 4 nitrogen and oxygen atoms in total. The van der Waals surface area contributed by atoms with Crippen LogP contribution in [0.5, 0.6) is 5.75 Å². The molecule has 0 aliphatic carbocycles. The molecule has 152 valence electrons. The summed E-state index contributed by atoms with van der Waals surface area (Å²) in [6, 6.07) is 18.7. The minimum Gasteiger partial charge on any atom is -0.488 e. The maximum Gasteiger partial charge on any atom is 0.330 e. The Labute approximate surface area is 172 Å². The maximum atomic E-state index is 11.6. The highest BCUT2D eigenvalue weighted by Crippen LogP contribution is 2.31. The fourth-order valence-corrected chi connectivity index (χ4v) is 3.99. The minimum absolute atomic E-state index is 0.426. The molecule has 0 spiro atoms. The Morgan fingerprint density at radius 1 is 1.03 bits per heavy atom. The van der Waals surface area contributed by atoms with Gasteiger partial charge >= 0.3 is 5.97 Å². The highest BCUT2D eigenvalue weighted by atomic mass is 16.6. The van der Waals surface area contributed by atoms with Gasteiger partial charge in [-0.2, -0.15) is 0 Å². The lowest BCUT2D eigenvalue weighted by atomic mass is 9.92. The number of carbonyl (C=O) groups excluding carboxylic acids is 1. The summed E-state index contributed by atoms with van der Waals surface area (Å²) in [5, 5.41) is 1.22. The van der Waals surface area contributed by atoms with Crippen molar-refractivity contribution >= 4 is 16.9 Å². The molecule has 3 rings (SSSR count). The lowest BCUT2D eigenvalue weighted by Crippen LogP contribution is -2.40. The molecule has 0 bridgehead atoms. The molecule has 0 fully saturated rings. The topological polar surface area (TPSA) is 40.5 Å². The first kappa shape index (κ1) is 20.7. The van der Waals surface area contributed by atoms with E-state index in [0.29, 0.717) is 6.42 Å². The maximum absolute atomic E-state index is 11.6. The fraction of sp³-hybridized carbons (Fsp3) is 0.320. The van der Waals surface area contributed by atoms with E-state index < -0.39 is 17.2 Å². The molecule has 0 radical (unpaired) electrons. The summed E-state index contributed by atoms with van der Waals surface area (Å²) < 4.78 is 13.8. The number of para-hydroxylation sites is 1. The Balaban J connectivity index is 1.75. The zero-order chi connectivity index (χ0) is 21.2. The minimum atomic E-state index is -0.655. The Hall–Kier alpha value is -3.01. The van der Waals surface area contributed by atoms with Gasteiger partial charge in [-0.1, -0.05) is 24.8 Å². The van der Waals surface area contributed by atoms with Crippen LogP contribution in [0.3, 0.4) is 0 Å². The number of hydrogen-bond acceptors (Lipinski definition) is 3. The second kappa shape index (κ2) is 7.78. The van der Waals surface area contributed by atoms with Crippen molar-refractivity contribution in [3.8, 4) is 17.0 Å². The van der Waals surface area contributed by atoms with Crippen molar-refractivity contribution in [3.63, 3.8) is 0 Å². The van der Waals surface area contributed by atoms with Crippen molar-refractivity contribution in [3.05, 3.63) is 67.3 Å². The molecule has 0 atom stereocenters. The van der Waals surface area contributed by atoms with Crippen LogP contribution in [0.4, 0.5) is 0 Å². The lowest BCUT2D eigenvalue weighted by Gasteiger charge is -2.34. The zero-order valence-corrected chi connectivity index (χ0v) is 17.9. The first-order valence-electron chi connectivity index (χ1n) is 9.80. The van der Waals surface area contributed by atoms with E-state index in [4.69, 9.17) is 9.47 Å². The number of esters is 1. The second-order valence-electron chi connectivity index (χ2n) is 8.60. The average Bonchev–Trinajstić information content (AvgIpc) is 2.97. The molecule has 4 heteroatoms. The number of aromatic nitrogens is 1. The van der Waals surface area contributed by atoms with Gasteiger partial charge in [0.25, 0.3) is 0 Å². The van der Waals surface area contributed by atoms with Crippen LogP contribution in [0.2, 0.25) is 0 Å². The summed E-state index contributed by atoms with van der Waals surface area (Å²) >= 11 is 0. The standard InChI is InChI=1S/C25H29NO3/c1-7-23(27)29-25(4,5)17-24(2,3)28-20-14-12-18(13-15-20)22-16-19-10-8-9-11-21(19)26(22)6/h7-16H,1,17H2,2-6H3. The molecule has 0 saturated heterocycles. The van der Waals surface area contributed by atoms with Crippen LogP contribution in [0.1, 0.15) is 34.1 Å². The predicted octanol–water partition coefficient (Wildman–Crippen LogP) is 5.90. The van der Waals surface area contributed by atoms with Crippen LogP contribution in [0, 0.1) is 0 Å². The normalized spacial score (nSPS) is 12.0. The quantitative estimate of drug-likeness (QED) is 0.372. The molecule has 29 heavy (non-hydrogen) atoms. The molecule has 1 heterocycles. The molecule has 1 aromatic heterocycles. The van der Waals surface area contributed by atoms with Crippen LogP contribution in [-0.4, -0.2) is 21.7 Å². The summed E-state index contributed by atoms with van der Waals surface area (Å²) in [6.07, 6.45) is 1.73.